The van der Waals surface area contributed by atoms with E-state index in [2.05, 4.69) is 40.2 Å². The third kappa shape index (κ3) is 7.22. The molecule has 0 saturated heterocycles. The van der Waals surface area contributed by atoms with Gasteiger partial charge in [-0.05, 0) is 106 Å². The lowest BCUT2D eigenvalue weighted by molar-refractivity contribution is -0.118. The van der Waals surface area contributed by atoms with E-state index in [1.807, 2.05) is 31.2 Å². The number of benzene rings is 4. The fourth-order valence-corrected chi connectivity index (χ4v) is 5.87. The molecule has 1 heterocycles. The predicted molar refractivity (Wildman–Crippen MR) is 185 cm³/mol. The summed E-state index contributed by atoms with van der Waals surface area (Å²) in [5.74, 6) is 1.27. The average molecular weight is 708 g/mol. The molecular formula is C34H29BrCl2N4O4. The Morgan fingerprint density at radius 3 is 2.51 bits per heavy atom. The number of hydrogen-bond acceptors (Lipinski definition) is 6. The Bertz CT molecular complexity index is 1970. The monoisotopic (exact) mass is 706 g/mol. The Balaban J connectivity index is 1.48. The second-order valence-corrected chi connectivity index (χ2v) is 12.2. The average Bonchev–Trinajstić information content (AvgIpc) is 3.01. The molecule has 45 heavy (non-hydrogen) atoms. The number of nitrogens with zero attached hydrogens (tertiary/aromatic N) is 3. The summed E-state index contributed by atoms with van der Waals surface area (Å²) in [6.07, 6.45) is 1.53. The molecule has 4 aromatic carbocycles. The van der Waals surface area contributed by atoms with Gasteiger partial charge in [-0.3, -0.25) is 9.59 Å². The van der Waals surface area contributed by atoms with Gasteiger partial charge in [-0.25, -0.2) is 4.98 Å². The van der Waals surface area contributed by atoms with Crippen LogP contribution < -0.4 is 20.3 Å². The highest BCUT2D eigenvalue weighted by molar-refractivity contribution is 9.10. The molecule has 0 spiro atoms. The molecule has 1 N–H and O–H groups in total. The van der Waals surface area contributed by atoms with E-state index in [4.69, 9.17) is 37.7 Å². The van der Waals surface area contributed by atoms with Crippen molar-refractivity contribution in [3.8, 4) is 22.9 Å². The van der Waals surface area contributed by atoms with Crippen molar-refractivity contribution in [2.45, 2.75) is 26.7 Å². The summed E-state index contributed by atoms with van der Waals surface area (Å²) in [6.45, 7) is 5.84. The van der Waals surface area contributed by atoms with Gasteiger partial charge in [0.25, 0.3) is 11.5 Å². The van der Waals surface area contributed by atoms with E-state index in [0.29, 0.717) is 43.2 Å². The van der Waals surface area contributed by atoms with Gasteiger partial charge in [-0.1, -0.05) is 49.2 Å². The van der Waals surface area contributed by atoms with Gasteiger partial charge >= 0.3 is 0 Å². The van der Waals surface area contributed by atoms with Crippen LogP contribution in [0.1, 0.15) is 36.5 Å². The molecule has 0 bridgehead atoms. The van der Waals surface area contributed by atoms with Crippen molar-refractivity contribution in [2.75, 3.05) is 19.0 Å². The number of halogens is 3. The molecule has 11 heteroatoms. The molecule has 1 aromatic heterocycles. The lowest BCUT2D eigenvalue weighted by Crippen LogP contribution is -2.21. The Labute approximate surface area is 278 Å². The van der Waals surface area contributed by atoms with E-state index >= 15 is 0 Å². The molecule has 0 aliphatic heterocycles. The zero-order chi connectivity index (χ0) is 32.2. The zero-order valence-electron chi connectivity index (χ0n) is 24.9. The summed E-state index contributed by atoms with van der Waals surface area (Å²) >= 11 is 15.9. The maximum atomic E-state index is 13.8. The molecule has 0 aliphatic rings. The summed E-state index contributed by atoms with van der Waals surface area (Å²) in [7, 11) is 1.64. The van der Waals surface area contributed by atoms with Gasteiger partial charge in [0.05, 0.1) is 33.7 Å². The lowest BCUT2D eigenvalue weighted by Gasteiger charge is -2.17. The second-order valence-electron chi connectivity index (χ2n) is 10.5. The predicted octanol–water partition coefficient (Wildman–Crippen LogP) is 8.47. The summed E-state index contributed by atoms with van der Waals surface area (Å²) in [4.78, 5) is 31.1. The van der Waals surface area contributed by atoms with Crippen molar-refractivity contribution in [3.63, 3.8) is 0 Å². The smallest absolute Gasteiger partial charge is 0.282 e. The standard InChI is InChI=1S/C34H29BrCl2N4O4/c1-19(2)25-16-26(20(3)13-30(25)44-4)33-40-29-8-6-5-7-24(29)34(43)41(33)38-17-21-14-27(35)32(28(37)15-21)45-18-31(42)39-23-11-9-22(36)10-12-23/h5-17,19H,18H2,1-4H3,(H,39,42). The zero-order valence-corrected chi connectivity index (χ0v) is 28.0. The number of hydrogen-bond donors (Lipinski definition) is 1. The topological polar surface area (TPSA) is 94.8 Å². The highest BCUT2D eigenvalue weighted by Gasteiger charge is 2.19. The van der Waals surface area contributed by atoms with E-state index in [1.165, 1.54) is 10.9 Å². The van der Waals surface area contributed by atoms with Crippen LogP contribution in [0.4, 0.5) is 5.69 Å². The van der Waals surface area contributed by atoms with Crippen molar-refractivity contribution in [1.82, 2.24) is 9.66 Å². The molecule has 0 unspecified atom stereocenters. The maximum absolute atomic E-state index is 13.8. The van der Waals surface area contributed by atoms with Crippen LogP contribution in [0.25, 0.3) is 22.3 Å². The highest BCUT2D eigenvalue weighted by atomic mass is 79.9. The molecule has 0 aliphatic carbocycles. The number of amides is 1. The molecule has 8 nitrogen and oxygen atoms in total. The van der Waals surface area contributed by atoms with Crippen molar-refractivity contribution >= 4 is 67.8 Å². The Morgan fingerprint density at radius 2 is 1.82 bits per heavy atom. The number of carbonyl (C=O) groups excluding carboxylic acids is 1. The molecule has 0 fully saturated rings. The van der Waals surface area contributed by atoms with Gasteiger partial charge in [0.1, 0.15) is 5.75 Å². The first-order valence-corrected chi connectivity index (χ1v) is 15.5. The van der Waals surface area contributed by atoms with Gasteiger partial charge in [0, 0.05) is 16.3 Å². The Kier molecular flexibility index (Phi) is 9.92. The van der Waals surface area contributed by atoms with Crippen LogP contribution in [0.15, 0.2) is 87.2 Å². The summed E-state index contributed by atoms with van der Waals surface area (Å²) < 4.78 is 13.1. The summed E-state index contributed by atoms with van der Waals surface area (Å²) in [6, 6.07) is 21.2. The van der Waals surface area contributed by atoms with Crippen molar-refractivity contribution < 1.29 is 14.3 Å². The van der Waals surface area contributed by atoms with Crippen molar-refractivity contribution in [2.24, 2.45) is 5.10 Å². The number of aryl methyl sites for hydroxylation is 1. The van der Waals surface area contributed by atoms with Crippen LogP contribution >= 0.6 is 39.1 Å². The van der Waals surface area contributed by atoms with E-state index in [1.54, 1.807) is 55.6 Å². The largest absolute Gasteiger partial charge is 0.496 e. The Hall–Kier alpha value is -4.18. The van der Waals surface area contributed by atoms with Crippen LogP contribution in [0, 0.1) is 6.92 Å². The number of para-hydroxylation sites is 1. The van der Waals surface area contributed by atoms with Crippen LogP contribution in [0.5, 0.6) is 11.5 Å². The van der Waals surface area contributed by atoms with Gasteiger partial charge in [-0.15, -0.1) is 0 Å². The first-order valence-electron chi connectivity index (χ1n) is 14.0. The van der Waals surface area contributed by atoms with Crippen molar-refractivity contribution in [1.29, 1.82) is 0 Å². The molecule has 230 valence electrons. The van der Waals surface area contributed by atoms with Crippen LogP contribution in [-0.4, -0.2) is 35.5 Å². The number of carbonyl (C=O) groups is 1. The molecule has 0 radical (unpaired) electrons. The van der Waals surface area contributed by atoms with Gasteiger partial charge in [-0.2, -0.15) is 9.78 Å². The number of rotatable bonds is 9. The van der Waals surface area contributed by atoms with E-state index in [-0.39, 0.29) is 29.0 Å². The number of ether oxygens (including phenoxy) is 2. The number of aromatic nitrogens is 2. The molecular weight excluding hydrogens is 679 g/mol. The minimum absolute atomic E-state index is 0.173. The highest BCUT2D eigenvalue weighted by Crippen LogP contribution is 2.35. The van der Waals surface area contributed by atoms with E-state index in [9.17, 15) is 9.59 Å². The normalized spacial score (nSPS) is 11.4. The minimum atomic E-state index is -0.365. The van der Waals surface area contributed by atoms with E-state index < -0.39 is 0 Å². The molecule has 0 atom stereocenters. The first kappa shape index (κ1) is 32.2. The van der Waals surface area contributed by atoms with Gasteiger partial charge in [0.15, 0.2) is 18.2 Å². The third-order valence-corrected chi connectivity index (χ3v) is 8.13. The third-order valence-electron chi connectivity index (χ3n) is 7.01. The number of fused-ring (bicyclic) bond motifs is 1. The minimum Gasteiger partial charge on any atom is -0.496 e. The molecule has 0 saturated carbocycles. The molecule has 1 amide bonds. The van der Waals surface area contributed by atoms with Crippen molar-refractivity contribution in [3.05, 3.63) is 114 Å². The number of methoxy groups -OCH3 is 1. The van der Waals surface area contributed by atoms with Crippen LogP contribution in [0.3, 0.4) is 0 Å². The SMILES string of the molecule is COc1cc(C)c(-c2nc3ccccc3c(=O)n2N=Cc2cc(Cl)c(OCC(=O)Nc3ccc(Cl)cc3)c(Br)c2)cc1C(C)C. The Morgan fingerprint density at radius 1 is 1.09 bits per heavy atom. The first-order chi connectivity index (χ1) is 21.5. The van der Waals surface area contributed by atoms with Gasteiger partial charge in [0.2, 0.25) is 0 Å². The number of anilines is 1. The fourth-order valence-electron chi connectivity index (χ4n) is 4.76. The quantitative estimate of drug-likeness (QED) is 0.155. The van der Waals surface area contributed by atoms with E-state index in [0.717, 1.165) is 22.4 Å². The van der Waals surface area contributed by atoms with Crippen LogP contribution in [-0.2, 0) is 4.79 Å². The summed E-state index contributed by atoms with van der Waals surface area (Å²) in [5.41, 5.74) is 4.07. The lowest BCUT2D eigenvalue weighted by atomic mass is 9.96. The van der Waals surface area contributed by atoms with Gasteiger partial charge < -0.3 is 14.8 Å². The molecule has 5 rings (SSSR count). The molecule has 5 aromatic rings. The second kappa shape index (κ2) is 13.9. The fraction of sp³-hybridized carbons (Fsp3) is 0.176. The van der Waals surface area contributed by atoms with Crippen LogP contribution in [0.2, 0.25) is 10.0 Å². The summed E-state index contributed by atoms with van der Waals surface area (Å²) in [5, 5.41) is 8.59. The maximum Gasteiger partial charge on any atom is 0.282 e. The number of nitrogens with one attached hydrogen (secondary N) is 1.